The van der Waals surface area contributed by atoms with E-state index in [4.69, 9.17) is 17.3 Å². The standard InChI is InChI=1S/C19H15ClN2O/c1-12-4-2-3-5-16(12)18-17(10-15(20)11-22-18)13-6-8-14(9-7-13)19(21)23/h2-11H,1H3,(H2,21,23). The summed E-state index contributed by atoms with van der Waals surface area (Å²) in [6.07, 6.45) is 1.64. The van der Waals surface area contributed by atoms with E-state index < -0.39 is 5.91 Å². The molecule has 0 unspecified atom stereocenters. The van der Waals surface area contributed by atoms with Crippen molar-refractivity contribution in [3.8, 4) is 22.4 Å². The maximum absolute atomic E-state index is 11.2. The third-order valence-electron chi connectivity index (χ3n) is 3.73. The predicted octanol–water partition coefficient (Wildman–Crippen LogP) is 4.48. The Labute approximate surface area is 139 Å². The molecule has 1 aromatic heterocycles. The normalized spacial score (nSPS) is 10.5. The molecule has 0 atom stereocenters. The molecule has 0 saturated carbocycles. The van der Waals surface area contributed by atoms with Gasteiger partial charge in [-0.1, -0.05) is 48.0 Å². The van der Waals surface area contributed by atoms with E-state index in [0.29, 0.717) is 10.6 Å². The van der Waals surface area contributed by atoms with Gasteiger partial charge in [0, 0.05) is 22.9 Å². The van der Waals surface area contributed by atoms with Crippen molar-refractivity contribution < 1.29 is 4.79 Å². The summed E-state index contributed by atoms with van der Waals surface area (Å²) in [7, 11) is 0. The second-order valence-corrected chi connectivity index (χ2v) is 5.74. The number of hydrogen-bond acceptors (Lipinski definition) is 2. The molecule has 0 radical (unpaired) electrons. The summed E-state index contributed by atoms with van der Waals surface area (Å²) in [5.74, 6) is -0.445. The Morgan fingerprint density at radius 3 is 2.39 bits per heavy atom. The van der Waals surface area contributed by atoms with Crippen molar-refractivity contribution in [3.63, 3.8) is 0 Å². The highest BCUT2D eigenvalue weighted by molar-refractivity contribution is 6.30. The first-order valence-electron chi connectivity index (χ1n) is 7.18. The number of carbonyl (C=O) groups excluding carboxylic acids is 1. The van der Waals surface area contributed by atoms with Crippen molar-refractivity contribution in [2.75, 3.05) is 0 Å². The zero-order chi connectivity index (χ0) is 16.4. The van der Waals surface area contributed by atoms with Gasteiger partial charge in [0.25, 0.3) is 0 Å². The van der Waals surface area contributed by atoms with Crippen LogP contribution >= 0.6 is 11.6 Å². The number of aromatic nitrogens is 1. The van der Waals surface area contributed by atoms with Crippen LogP contribution in [0.4, 0.5) is 0 Å². The molecule has 0 fully saturated rings. The molecule has 2 N–H and O–H groups in total. The van der Waals surface area contributed by atoms with E-state index in [9.17, 15) is 4.79 Å². The number of aryl methyl sites for hydroxylation is 1. The van der Waals surface area contributed by atoms with Crippen molar-refractivity contribution in [1.82, 2.24) is 4.98 Å². The molecule has 114 valence electrons. The third kappa shape index (κ3) is 3.10. The summed E-state index contributed by atoms with van der Waals surface area (Å²) >= 11 is 6.14. The highest BCUT2D eigenvalue weighted by Crippen LogP contribution is 2.33. The molecule has 0 saturated heterocycles. The fraction of sp³-hybridized carbons (Fsp3) is 0.0526. The van der Waals surface area contributed by atoms with Crippen molar-refractivity contribution >= 4 is 17.5 Å². The van der Waals surface area contributed by atoms with Gasteiger partial charge in [0.15, 0.2) is 0 Å². The van der Waals surface area contributed by atoms with Crippen molar-refractivity contribution in [2.24, 2.45) is 5.73 Å². The average Bonchev–Trinajstić information content (AvgIpc) is 2.56. The first kappa shape index (κ1) is 15.3. The molecule has 2 aromatic carbocycles. The lowest BCUT2D eigenvalue weighted by Gasteiger charge is -2.12. The van der Waals surface area contributed by atoms with Gasteiger partial charge in [0.2, 0.25) is 5.91 Å². The zero-order valence-corrected chi connectivity index (χ0v) is 13.3. The number of carbonyl (C=O) groups is 1. The lowest BCUT2D eigenvalue weighted by molar-refractivity contribution is 0.100. The molecular formula is C19H15ClN2O. The van der Waals surface area contributed by atoms with Crippen molar-refractivity contribution in [1.29, 1.82) is 0 Å². The van der Waals surface area contributed by atoms with Crippen LogP contribution in [-0.4, -0.2) is 10.9 Å². The highest BCUT2D eigenvalue weighted by atomic mass is 35.5. The van der Waals surface area contributed by atoms with Crippen LogP contribution in [0.2, 0.25) is 5.02 Å². The molecule has 0 aliphatic rings. The van der Waals surface area contributed by atoms with Gasteiger partial charge in [0.05, 0.1) is 10.7 Å². The van der Waals surface area contributed by atoms with Gasteiger partial charge in [-0.05, 0) is 36.2 Å². The number of hydrogen-bond donors (Lipinski definition) is 1. The van der Waals surface area contributed by atoms with E-state index in [1.165, 1.54) is 0 Å². The average molecular weight is 323 g/mol. The van der Waals surface area contributed by atoms with Gasteiger partial charge >= 0.3 is 0 Å². The Bertz CT molecular complexity index is 873. The van der Waals surface area contributed by atoms with Gasteiger partial charge in [-0.15, -0.1) is 0 Å². The Morgan fingerprint density at radius 2 is 1.74 bits per heavy atom. The topological polar surface area (TPSA) is 56.0 Å². The SMILES string of the molecule is Cc1ccccc1-c1ncc(Cl)cc1-c1ccc(C(N)=O)cc1. The largest absolute Gasteiger partial charge is 0.366 e. The van der Waals surface area contributed by atoms with E-state index in [1.54, 1.807) is 18.3 Å². The van der Waals surface area contributed by atoms with Crippen molar-refractivity contribution in [2.45, 2.75) is 6.92 Å². The number of pyridine rings is 1. The second kappa shape index (κ2) is 6.23. The van der Waals surface area contributed by atoms with Crippen LogP contribution in [0, 0.1) is 6.92 Å². The molecule has 1 heterocycles. The van der Waals surface area contributed by atoms with Crippen LogP contribution in [0.3, 0.4) is 0 Å². The molecule has 3 rings (SSSR count). The fourth-order valence-corrected chi connectivity index (χ4v) is 2.68. The molecule has 3 nitrogen and oxygen atoms in total. The molecule has 0 spiro atoms. The lowest BCUT2D eigenvalue weighted by Crippen LogP contribution is -2.10. The van der Waals surface area contributed by atoms with Gasteiger partial charge in [-0.2, -0.15) is 0 Å². The molecule has 23 heavy (non-hydrogen) atoms. The minimum atomic E-state index is -0.445. The summed E-state index contributed by atoms with van der Waals surface area (Å²) < 4.78 is 0. The van der Waals surface area contributed by atoms with Crippen LogP contribution < -0.4 is 5.73 Å². The summed E-state index contributed by atoms with van der Waals surface area (Å²) in [6.45, 7) is 2.05. The monoisotopic (exact) mass is 322 g/mol. The molecule has 0 bridgehead atoms. The number of benzene rings is 2. The van der Waals surface area contributed by atoms with Crippen LogP contribution in [0.5, 0.6) is 0 Å². The van der Waals surface area contributed by atoms with Gasteiger partial charge in [0.1, 0.15) is 0 Å². The van der Waals surface area contributed by atoms with Crippen LogP contribution in [0.1, 0.15) is 15.9 Å². The number of nitrogens with two attached hydrogens (primary N) is 1. The van der Waals surface area contributed by atoms with E-state index in [2.05, 4.69) is 4.98 Å². The molecule has 1 amide bonds. The Balaban J connectivity index is 2.17. The second-order valence-electron chi connectivity index (χ2n) is 5.31. The molecule has 3 aromatic rings. The summed E-state index contributed by atoms with van der Waals surface area (Å²) in [6, 6.07) is 17.1. The predicted molar refractivity (Wildman–Crippen MR) is 93.4 cm³/mol. The number of rotatable bonds is 3. The minimum Gasteiger partial charge on any atom is -0.366 e. The molecule has 0 aliphatic carbocycles. The molecule has 4 heteroatoms. The lowest BCUT2D eigenvalue weighted by atomic mass is 9.96. The Kier molecular flexibility index (Phi) is 4.13. The van der Waals surface area contributed by atoms with Gasteiger partial charge in [-0.3, -0.25) is 9.78 Å². The maximum atomic E-state index is 11.2. The zero-order valence-electron chi connectivity index (χ0n) is 12.6. The third-order valence-corrected chi connectivity index (χ3v) is 3.94. The maximum Gasteiger partial charge on any atom is 0.248 e. The highest BCUT2D eigenvalue weighted by Gasteiger charge is 2.12. The Hall–Kier alpha value is -2.65. The van der Waals surface area contributed by atoms with Gasteiger partial charge in [-0.25, -0.2) is 0 Å². The first-order chi connectivity index (χ1) is 11.1. The van der Waals surface area contributed by atoms with E-state index in [0.717, 1.165) is 27.9 Å². The first-order valence-corrected chi connectivity index (χ1v) is 7.56. The summed E-state index contributed by atoms with van der Waals surface area (Å²) in [5.41, 5.74) is 10.7. The molecule has 0 aliphatic heterocycles. The van der Waals surface area contributed by atoms with Gasteiger partial charge < -0.3 is 5.73 Å². The van der Waals surface area contributed by atoms with Crippen LogP contribution in [0.25, 0.3) is 22.4 Å². The fourth-order valence-electron chi connectivity index (χ4n) is 2.53. The summed E-state index contributed by atoms with van der Waals surface area (Å²) in [5, 5.41) is 0.566. The van der Waals surface area contributed by atoms with E-state index >= 15 is 0 Å². The number of primary amides is 1. The quantitative estimate of drug-likeness (QED) is 0.773. The van der Waals surface area contributed by atoms with E-state index in [1.807, 2.05) is 49.4 Å². The smallest absolute Gasteiger partial charge is 0.248 e. The molecular weight excluding hydrogens is 308 g/mol. The van der Waals surface area contributed by atoms with E-state index in [-0.39, 0.29) is 0 Å². The van der Waals surface area contributed by atoms with Crippen molar-refractivity contribution in [3.05, 3.63) is 76.9 Å². The number of amides is 1. The number of halogens is 1. The summed E-state index contributed by atoms with van der Waals surface area (Å²) in [4.78, 5) is 15.7. The Morgan fingerprint density at radius 1 is 1.04 bits per heavy atom. The van der Waals surface area contributed by atoms with Crippen LogP contribution in [0.15, 0.2) is 60.8 Å². The van der Waals surface area contributed by atoms with Crippen LogP contribution in [-0.2, 0) is 0 Å². The minimum absolute atomic E-state index is 0.445. The number of nitrogens with zero attached hydrogens (tertiary/aromatic N) is 1.